The lowest BCUT2D eigenvalue weighted by Gasteiger charge is -2.07. The SMILES string of the molecule is O=C1COc2cc(OCCCCCCCI)ccc21. The van der Waals surface area contributed by atoms with Crippen molar-refractivity contribution in [3.8, 4) is 11.5 Å². The number of Topliss-reactive ketones (excluding diaryl/α,β-unsaturated/α-hetero) is 1. The fourth-order valence-electron chi connectivity index (χ4n) is 2.08. The molecule has 0 bridgehead atoms. The van der Waals surface area contributed by atoms with Crippen molar-refractivity contribution in [2.24, 2.45) is 0 Å². The first-order chi connectivity index (χ1) is 9.31. The zero-order valence-corrected chi connectivity index (χ0v) is 13.1. The van der Waals surface area contributed by atoms with Gasteiger partial charge in [-0.2, -0.15) is 0 Å². The monoisotopic (exact) mass is 374 g/mol. The van der Waals surface area contributed by atoms with E-state index < -0.39 is 0 Å². The second-order valence-electron chi connectivity index (χ2n) is 4.68. The van der Waals surface area contributed by atoms with Gasteiger partial charge < -0.3 is 9.47 Å². The first kappa shape index (κ1) is 14.6. The summed E-state index contributed by atoms with van der Waals surface area (Å²) in [5.41, 5.74) is 0.672. The third kappa shape index (κ3) is 4.37. The van der Waals surface area contributed by atoms with Crippen LogP contribution in [0.4, 0.5) is 0 Å². The van der Waals surface area contributed by atoms with Crippen LogP contribution in [0, 0.1) is 0 Å². The van der Waals surface area contributed by atoms with Crippen molar-refractivity contribution < 1.29 is 14.3 Å². The molecule has 0 radical (unpaired) electrons. The van der Waals surface area contributed by atoms with Crippen LogP contribution in [0.3, 0.4) is 0 Å². The maximum absolute atomic E-state index is 11.4. The lowest BCUT2D eigenvalue weighted by molar-refractivity contribution is 0.0961. The molecule has 0 unspecified atom stereocenters. The van der Waals surface area contributed by atoms with E-state index in [1.54, 1.807) is 6.07 Å². The van der Waals surface area contributed by atoms with Crippen LogP contribution < -0.4 is 9.47 Å². The number of halogens is 1. The smallest absolute Gasteiger partial charge is 0.203 e. The molecule has 1 heterocycles. The van der Waals surface area contributed by atoms with E-state index in [9.17, 15) is 4.79 Å². The topological polar surface area (TPSA) is 35.5 Å². The Kier molecular flexibility index (Phi) is 5.94. The van der Waals surface area contributed by atoms with E-state index in [2.05, 4.69) is 22.6 Å². The molecular weight excluding hydrogens is 355 g/mol. The lowest BCUT2D eigenvalue weighted by atomic mass is 10.1. The van der Waals surface area contributed by atoms with Gasteiger partial charge in [0.1, 0.15) is 11.5 Å². The highest BCUT2D eigenvalue weighted by atomic mass is 127. The van der Waals surface area contributed by atoms with Gasteiger partial charge in [-0.15, -0.1) is 0 Å². The summed E-state index contributed by atoms with van der Waals surface area (Å²) in [6, 6.07) is 5.46. The van der Waals surface area contributed by atoms with E-state index in [1.807, 2.05) is 12.1 Å². The zero-order valence-electron chi connectivity index (χ0n) is 11.0. The van der Waals surface area contributed by atoms with E-state index in [1.165, 1.54) is 30.1 Å². The number of rotatable bonds is 8. The van der Waals surface area contributed by atoms with E-state index in [-0.39, 0.29) is 12.4 Å². The van der Waals surface area contributed by atoms with Gasteiger partial charge in [-0.1, -0.05) is 41.9 Å². The largest absolute Gasteiger partial charge is 0.493 e. The molecular formula is C15H19IO3. The average Bonchev–Trinajstić information content (AvgIpc) is 2.79. The molecule has 19 heavy (non-hydrogen) atoms. The summed E-state index contributed by atoms with van der Waals surface area (Å²) < 4.78 is 12.2. The molecule has 104 valence electrons. The molecule has 0 saturated carbocycles. The van der Waals surface area contributed by atoms with Gasteiger partial charge in [0.15, 0.2) is 6.61 Å². The zero-order chi connectivity index (χ0) is 13.5. The highest BCUT2D eigenvalue weighted by molar-refractivity contribution is 14.1. The molecule has 0 atom stereocenters. The summed E-state index contributed by atoms with van der Waals surface area (Å²) in [4.78, 5) is 11.4. The molecule has 0 amide bonds. The molecule has 1 aliphatic heterocycles. The molecule has 1 aromatic rings. The standard InChI is InChI=1S/C15H19IO3/c16-8-4-2-1-3-5-9-18-12-6-7-13-14(17)11-19-15(13)10-12/h6-7,10H,1-5,8-9,11H2. The van der Waals surface area contributed by atoms with Crippen LogP contribution in [0.25, 0.3) is 0 Å². The first-order valence-corrected chi connectivity index (χ1v) is 8.32. The summed E-state index contributed by atoms with van der Waals surface area (Å²) in [6.07, 6.45) is 6.22. The average molecular weight is 374 g/mol. The second kappa shape index (κ2) is 7.72. The molecule has 3 nitrogen and oxygen atoms in total. The summed E-state index contributed by atoms with van der Waals surface area (Å²) in [5.74, 6) is 1.50. The third-order valence-corrected chi connectivity index (χ3v) is 3.92. The fourth-order valence-corrected chi connectivity index (χ4v) is 2.62. The van der Waals surface area contributed by atoms with Gasteiger partial charge in [-0.3, -0.25) is 4.79 Å². The van der Waals surface area contributed by atoms with Crippen LogP contribution in [-0.2, 0) is 0 Å². The second-order valence-corrected chi connectivity index (χ2v) is 5.75. The highest BCUT2D eigenvalue weighted by Gasteiger charge is 2.21. The van der Waals surface area contributed by atoms with Gasteiger partial charge in [-0.05, 0) is 29.4 Å². The number of carbonyl (C=O) groups is 1. The molecule has 0 spiro atoms. The molecule has 4 heteroatoms. The van der Waals surface area contributed by atoms with Gasteiger partial charge in [0.05, 0.1) is 12.2 Å². The van der Waals surface area contributed by atoms with Crippen molar-refractivity contribution in [1.82, 2.24) is 0 Å². The Hall–Kier alpha value is -0.780. The Morgan fingerprint density at radius 3 is 2.79 bits per heavy atom. The molecule has 0 fully saturated rings. The van der Waals surface area contributed by atoms with Crippen LogP contribution in [0.15, 0.2) is 18.2 Å². The maximum atomic E-state index is 11.4. The number of fused-ring (bicyclic) bond motifs is 1. The Bertz CT molecular complexity index is 431. The van der Waals surface area contributed by atoms with Crippen molar-refractivity contribution in [3.05, 3.63) is 23.8 Å². The molecule has 0 N–H and O–H groups in total. The molecule has 0 saturated heterocycles. The number of alkyl halides is 1. The van der Waals surface area contributed by atoms with Gasteiger partial charge >= 0.3 is 0 Å². The predicted octanol–water partition coefficient (Wildman–Crippen LogP) is 4.03. The molecule has 0 aromatic heterocycles. The number of hydrogen-bond acceptors (Lipinski definition) is 3. The number of ketones is 1. The summed E-state index contributed by atoms with van der Waals surface area (Å²) in [7, 11) is 0. The van der Waals surface area contributed by atoms with Gasteiger partial charge in [0.2, 0.25) is 5.78 Å². The minimum Gasteiger partial charge on any atom is -0.493 e. The van der Waals surface area contributed by atoms with E-state index in [4.69, 9.17) is 9.47 Å². The van der Waals surface area contributed by atoms with Gasteiger partial charge in [-0.25, -0.2) is 0 Å². The van der Waals surface area contributed by atoms with Crippen LogP contribution in [-0.4, -0.2) is 23.4 Å². The van der Waals surface area contributed by atoms with Crippen LogP contribution in [0.5, 0.6) is 11.5 Å². The Labute approximate surface area is 127 Å². The van der Waals surface area contributed by atoms with Crippen molar-refractivity contribution in [2.75, 3.05) is 17.6 Å². The number of benzene rings is 1. The normalized spacial score (nSPS) is 13.2. The highest BCUT2D eigenvalue weighted by Crippen LogP contribution is 2.29. The quantitative estimate of drug-likeness (QED) is 0.392. The number of ether oxygens (including phenoxy) is 2. The van der Waals surface area contributed by atoms with Crippen molar-refractivity contribution >= 4 is 28.4 Å². The van der Waals surface area contributed by atoms with E-state index >= 15 is 0 Å². The van der Waals surface area contributed by atoms with Crippen LogP contribution >= 0.6 is 22.6 Å². The summed E-state index contributed by atoms with van der Waals surface area (Å²) >= 11 is 2.42. The predicted molar refractivity (Wildman–Crippen MR) is 83.7 cm³/mol. The van der Waals surface area contributed by atoms with Crippen LogP contribution in [0.1, 0.15) is 42.5 Å². The Morgan fingerprint density at radius 2 is 1.95 bits per heavy atom. The fraction of sp³-hybridized carbons (Fsp3) is 0.533. The third-order valence-electron chi connectivity index (χ3n) is 3.16. The first-order valence-electron chi connectivity index (χ1n) is 6.80. The summed E-state index contributed by atoms with van der Waals surface area (Å²) in [6.45, 7) is 0.895. The Balaban J connectivity index is 1.68. The minimum absolute atomic E-state index is 0.0526. The van der Waals surface area contributed by atoms with Gasteiger partial charge in [0.25, 0.3) is 0 Å². The molecule has 1 aliphatic rings. The van der Waals surface area contributed by atoms with E-state index in [0.29, 0.717) is 11.3 Å². The van der Waals surface area contributed by atoms with Crippen molar-refractivity contribution in [3.63, 3.8) is 0 Å². The minimum atomic E-state index is 0.0526. The number of unbranched alkanes of at least 4 members (excludes halogenated alkanes) is 4. The molecule has 0 aliphatic carbocycles. The van der Waals surface area contributed by atoms with Crippen molar-refractivity contribution in [1.29, 1.82) is 0 Å². The number of hydrogen-bond donors (Lipinski definition) is 0. The summed E-state index contributed by atoms with van der Waals surface area (Å²) in [5, 5.41) is 0. The Morgan fingerprint density at radius 1 is 1.16 bits per heavy atom. The maximum Gasteiger partial charge on any atom is 0.203 e. The van der Waals surface area contributed by atoms with Gasteiger partial charge in [0, 0.05) is 6.07 Å². The number of carbonyl (C=O) groups excluding carboxylic acids is 1. The van der Waals surface area contributed by atoms with Crippen molar-refractivity contribution in [2.45, 2.75) is 32.1 Å². The lowest BCUT2D eigenvalue weighted by Crippen LogP contribution is -1.98. The van der Waals surface area contributed by atoms with Crippen LogP contribution in [0.2, 0.25) is 0 Å². The molecule has 2 rings (SSSR count). The molecule has 1 aromatic carbocycles. The van der Waals surface area contributed by atoms with E-state index in [0.717, 1.165) is 18.8 Å².